The second-order valence-electron chi connectivity index (χ2n) is 10.8. The van der Waals surface area contributed by atoms with Crippen molar-refractivity contribution in [2.45, 2.75) is 72.4 Å². The summed E-state index contributed by atoms with van der Waals surface area (Å²) in [6.07, 6.45) is 3.37. The van der Waals surface area contributed by atoms with Crippen LogP contribution >= 0.6 is 0 Å². The largest absolute Gasteiger partial charge is 0.872 e. The highest BCUT2D eigenvalue weighted by molar-refractivity contribution is 6.46. The minimum Gasteiger partial charge on any atom is -0.872 e. The Hall–Kier alpha value is -3.52. The first kappa shape index (κ1) is 30.4. The quantitative estimate of drug-likeness (QED) is 0.164. The molecular formula is C33H44N2O6. The van der Waals surface area contributed by atoms with Crippen molar-refractivity contribution in [3.8, 4) is 17.2 Å². The maximum Gasteiger partial charge on any atom is 0.295 e. The maximum atomic E-state index is 14.0. The number of nitrogens with one attached hydrogen (secondary N) is 1. The van der Waals surface area contributed by atoms with Crippen LogP contribution in [0.3, 0.4) is 0 Å². The van der Waals surface area contributed by atoms with E-state index in [4.69, 9.17) is 14.2 Å². The van der Waals surface area contributed by atoms with E-state index < -0.39 is 23.5 Å². The lowest BCUT2D eigenvalue weighted by atomic mass is 9.94. The first-order valence-electron chi connectivity index (χ1n) is 15.1. The van der Waals surface area contributed by atoms with Crippen molar-refractivity contribution in [3.05, 3.63) is 58.7 Å². The van der Waals surface area contributed by atoms with Gasteiger partial charge in [0.25, 0.3) is 5.91 Å². The zero-order valence-electron chi connectivity index (χ0n) is 25.1. The number of carbonyl (C=O) groups excluding carboxylic acids is 2. The smallest absolute Gasteiger partial charge is 0.295 e. The summed E-state index contributed by atoms with van der Waals surface area (Å²) in [7, 11) is 0. The summed E-state index contributed by atoms with van der Waals surface area (Å²) in [6, 6.07) is 9.93. The lowest BCUT2D eigenvalue weighted by molar-refractivity contribution is -0.896. The van der Waals surface area contributed by atoms with Crippen molar-refractivity contribution in [1.29, 1.82) is 0 Å². The molecule has 1 saturated heterocycles. The van der Waals surface area contributed by atoms with Gasteiger partial charge in [0.15, 0.2) is 11.5 Å². The number of amides is 1. The fourth-order valence-corrected chi connectivity index (χ4v) is 5.68. The third-order valence-corrected chi connectivity index (χ3v) is 7.96. The SMILES string of the molecule is CCCCOc1ccc(C2C(=C([O-])c3ccc4c(c3)CC(C)O4)C(=O)C(=O)N2CCC[NH+](CC)CC)cc1OCC. The van der Waals surface area contributed by atoms with Crippen LogP contribution in [0.25, 0.3) is 5.76 Å². The van der Waals surface area contributed by atoms with Gasteiger partial charge >= 0.3 is 0 Å². The van der Waals surface area contributed by atoms with Crippen molar-refractivity contribution in [2.24, 2.45) is 0 Å². The number of ether oxygens (including phenoxy) is 3. The molecule has 4 rings (SSSR count). The Morgan fingerprint density at radius 2 is 1.80 bits per heavy atom. The highest BCUT2D eigenvalue weighted by Gasteiger charge is 2.44. The number of likely N-dealkylation sites (tertiary alicyclic amines) is 1. The predicted molar refractivity (Wildman–Crippen MR) is 156 cm³/mol. The minimum absolute atomic E-state index is 0.0146. The molecule has 0 aromatic heterocycles. The lowest BCUT2D eigenvalue weighted by Crippen LogP contribution is -3.11. The average molecular weight is 565 g/mol. The number of Topliss-reactive ketones (excluding diaryl/α,β-unsaturated/α-hetero) is 1. The van der Waals surface area contributed by atoms with Gasteiger partial charge in [-0.25, -0.2) is 0 Å². The van der Waals surface area contributed by atoms with Gasteiger partial charge in [-0.05, 0) is 75.1 Å². The predicted octanol–water partition coefficient (Wildman–Crippen LogP) is 3.13. The molecule has 1 amide bonds. The monoisotopic (exact) mass is 564 g/mol. The average Bonchev–Trinajstić information content (AvgIpc) is 3.46. The highest BCUT2D eigenvalue weighted by Crippen LogP contribution is 2.42. The molecule has 2 heterocycles. The molecule has 0 spiro atoms. The topological polar surface area (TPSA) is 92.6 Å². The molecule has 0 bridgehead atoms. The molecule has 41 heavy (non-hydrogen) atoms. The van der Waals surface area contributed by atoms with Crippen LogP contribution in [0.5, 0.6) is 17.2 Å². The summed E-state index contributed by atoms with van der Waals surface area (Å²) in [5, 5.41) is 14.0. The minimum atomic E-state index is -0.804. The van der Waals surface area contributed by atoms with Crippen LogP contribution in [0, 0.1) is 0 Å². The van der Waals surface area contributed by atoms with E-state index in [1.807, 2.05) is 32.0 Å². The van der Waals surface area contributed by atoms with Gasteiger partial charge in [-0.2, -0.15) is 0 Å². The molecule has 2 aromatic carbocycles. The molecule has 8 heteroatoms. The van der Waals surface area contributed by atoms with Crippen LogP contribution in [0.2, 0.25) is 0 Å². The Morgan fingerprint density at radius 1 is 1.02 bits per heavy atom. The molecule has 0 aliphatic carbocycles. The van der Waals surface area contributed by atoms with Crippen LogP contribution in [0.4, 0.5) is 0 Å². The summed E-state index contributed by atoms with van der Waals surface area (Å²) in [6.45, 7) is 14.5. The summed E-state index contributed by atoms with van der Waals surface area (Å²) in [4.78, 5) is 30.0. The van der Waals surface area contributed by atoms with Crippen molar-refractivity contribution < 1.29 is 33.8 Å². The van der Waals surface area contributed by atoms with Gasteiger partial charge < -0.3 is 29.1 Å². The van der Waals surface area contributed by atoms with E-state index in [1.54, 1.807) is 23.1 Å². The lowest BCUT2D eigenvalue weighted by Gasteiger charge is -2.28. The Kier molecular flexibility index (Phi) is 10.3. The fourth-order valence-electron chi connectivity index (χ4n) is 5.68. The van der Waals surface area contributed by atoms with E-state index in [9.17, 15) is 14.7 Å². The molecule has 2 aliphatic heterocycles. The van der Waals surface area contributed by atoms with Crippen LogP contribution in [-0.4, -0.2) is 62.1 Å². The van der Waals surface area contributed by atoms with E-state index in [0.717, 1.165) is 50.2 Å². The van der Waals surface area contributed by atoms with Gasteiger partial charge in [-0.1, -0.05) is 31.2 Å². The normalized spacial score (nSPS) is 19.5. The number of carbonyl (C=O) groups is 2. The molecule has 222 valence electrons. The Morgan fingerprint density at radius 3 is 2.51 bits per heavy atom. The van der Waals surface area contributed by atoms with Crippen molar-refractivity contribution in [2.75, 3.05) is 39.4 Å². The van der Waals surface area contributed by atoms with E-state index in [0.29, 0.717) is 48.8 Å². The molecule has 8 nitrogen and oxygen atoms in total. The number of nitrogens with zero attached hydrogens (tertiary/aromatic N) is 1. The van der Waals surface area contributed by atoms with Gasteiger partial charge in [0.2, 0.25) is 5.78 Å². The first-order chi connectivity index (χ1) is 19.8. The number of unbranched alkanes of at least 4 members (excludes halogenated alkanes) is 1. The van der Waals surface area contributed by atoms with Gasteiger partial charge in [-0.15, -0.1) is 0 Å². The third-order valence-electron chi connectivity index (χ3n) is 7.96. The fraction of sp³-hybridized carbons (Fsp3) is 0.515. The number of quaternary nitrogens is 1. The second-order valence-corrected chi connectivity index (χ2v) is 10.8. The van der Waals surface area contributed by atoms with Crippen LogP contribution in [-0.2, 0) is 16.0 Å². The Bertz CT molecular complexity index is 1270. The van der Waals surface area contributed by atoms with Gasteiger partial charge in [0.05, 0.1) is 38.9 Å². The Balaban J connectivity index is 1.76. The van der Waals surface area contributed by atoms with Crippen LogP contribution in [0.1, 0.15) is 76.6 Å². The highest BCUT2D eigenvalue weighted by atomic mass is 16.5. The standard InChI is InChI=1S/C33H44N2O6/c1-6-10-18-40-27-15-12-23(21-28(27)39-9-4)30-29(31(36)24-13-14-26-25(20-24)19-22(5)41-26)32(37)33(38)35(30)17-11-16-34(7-2)8-3/h12-15,20-22,30,36H,6-11,16-19H2,1-5H3. The van der Waals surface area contributed by atoms with Crippen molar-refractivity contribution in [1.82, 2.24) is 4.90 Å². The number of hydrogen-bond acceptors (Lipinski definition) is 6. The van der Waals surface area contributed by atoms with E-state index in [2.05, 4.69) is 20.8 Å². The maximum absolute atomic E-state index is 14.0. The molecule has 0 radical (unpaired) electrons. The molecule has 0 saturated carbocycles. The molecule has 1 N–H and O–H groups in total. The van der Waals surface area contributed by atoms with E-state index >= 15 is 0 Å². The van der Waals surface area contributed by atoms with Gasteiger partial charge in [-0.3, -0.25) is 9.59 Å². The van der Waals surface area contributed by atoms with Crippen LogP contribution < -0.4 is 24.2 Å². The van der Waals surface area contributed by atoms with Gasteiger partial charge in [0.1, 0.15) is 11.9 Å². The van der Waals surface area contributed by atoms with Crippen LogP contribution in [0.15, 0.2) is 42.0 Å². The molecule has 2 aliphatic rings. The summed E-state index contributed by atoms with van der Waals surface area (Å²) < 4.78 is 17.7. The molecule has 2 aromatic rings. The third kappa shape index (κ3) is 6.70. The summed E-state index contributed by atoms with van der Waals surface area (Å²) >= 11 is 0. The molecule has 2 atom stereocenters. The molecule has 1 fully saturated rings. The number of ketones is 1. The zero-order valence-corrected chi connectivity index (χ0v) is 25.1. The molecule has 2 unspecified atom stereocenters. The zero-order chi connectivity index (χ0) is 29.5. The van der Waals surface area contributed by atoms with E-state index in [-0.39, 0.29) is 11.7 Å². The Labute approximate surface area is 243 Å². The van der Waals surface area contributed by atoms with Crippen molar-refractivity contribution >= 4 is 17.4 Å². The summed E-state index contributed by atoms with van der Waals surface area (Å²) in [5.74, 6) is 0.112. The van der Waals surface area contributed by atoms with Gasteiger partial charge in [0, 0.05) is 25.0 Å². The number of rotatable bonds is 14. The summed E-state index contributed by atoms with van der Waals surface area (Å²) in [5.41, 5.74) is 1.97. The van der Waals surface area contributed by atoms with E-state index in [1.165, 1.54) is 4.90 Å². The van der Waals surface area contributed by atoms with Crippen molar-refractivity contribution in [3.63, 3.8) is 0 Å². The number of hydrogen-bond donors (Lipinski definition) is 1. The molecular weight excluding hydrogens is 520 g/mol. The first-order valence-corrected chi connectivity index (χ1v) is 15.1. The second kappa shape index (κ2) is 13.9. The number of benzene rings is 2. The number of fused-ring (bicyclic) bond motifs is 1.